The molecule has 1 unspecified atom stereocenters. The Morgan fingerprint density at radius 3 is 2.50 bits per heavy atom. The largest absolute Gasteiger partial charge is 0.573 e. The van der Waals surface area contributed by atoms with Crippen LogP contribution in [0.5, 0.6) is 5.75 Å². The van der Waals surface area contributed by atoms with Crippen LogP contribution in [0.2, 0.25) is 0 Å². The Labute approximate surface area is 183 Å². The first-order valence-corrected chi connectivity index (χ1v) is 10.0. The van der Waals surface area contributed by atoms with E-state index in [1.54, 1.807) is 35.5 Å². The van der Waals surface area contributed by atoms with Crippen LogP contribution in [0.4, 0.5) is 13.2 Å². The number of carbonyl (C=O) groups excluding carboxylic acids is 1. The standard InChI is InChI=1S/C24H21F3N2O3/c1-16-2-4-17(5-3-16)13-29-22(14-31-15-23(29)30)21-12-28-11-10-20(21)18-6-8-19(9-7-18)32-24(25,26)27/h2-12,22H,13-15H2,1H3. The molecule has 1 aromatic heterocycles. The van der Waals surface area contributed by atoms with Crippen molar-refractivity contribution in [2.45, 2.75) is 25.9 Å². The maximum Gasteiger partial charge on any atom is 0.573 e. The van der Waals surface area contributed by atoms with Gasteiger partial charge in [0.25, 0.3) is 0 Å². The highest BCUT2D eigenvalue weighted by atomic mass is 19.4. The molecule has 5 nitrogen and oxygen atoms in total. The van der Waals surface area contributed by atoms with Gasteiger partial charge in [-0.25, -0.2) is 0 Å². The second-order valence-electron chi connectivity index (χ2n) is 7.57. The van der Waals surface area contributed by atoms with Gasteiger partial charge in [0.15, 0.2) is 0 Å². The van der Waals surface area contributed by atoms with Gasteiger partial charge in [-0.2, -0.15) is 0 Å². The molecule has 1 aliphatic heterocycles. The van der Waals surface area contributed by atoms with E-state index in [1.165, 1.54) is 12.1 Å². The van der Waals surface area contributed by atoms with Crippen molar-refractivity contribution < 1.29 is 27.4 Å². The lowest BCUT2D eigenvalue weighted by atomic mass is 9.95. The molecule has 3 aromatic rings. The molecule has 0 radical (unpaired) electrons. The Kier molecular flexibility index (Phi) is 6.14. The fourth-order valence-corrected chi connectivity index (χ4v) is 3.72. The van der Waals surface area contributed by atoms with Crippen molar-refractivity contribution in [3.05, 3.63) is 83.7 Å². The number of ether oxygens (including phenoxy) is 2. The third-order valence-corrected chi connectivity index (χ3v) is 5.28. The number of morpholine rings is 1. The molecule has 0 spiro atoms. The first kappa shape index (κ1) is 21.8. The van der Waals surface area contributed by atoms with Crippen molar-refractivity contribution in [1.29, 1.82) is 0 Å². The summed E-state index contributed by atoms with van der Waals surface area (Å²) in [6, 6.07) is 15.0. The maximum absolute atomic E-state index is 12.7. The molecular weight excluding hydrogens is 421 g/mol. The average molecular weight is 442 g/mol. The number of amides is 1. The zero-order valence-electron chi connectivity index (χ0n) is 17.3. The molecule has 0 bridgehead atoms. The van der Waals surface area contributed by atoms with Gasteiger partial charge in [0.05, 0.1) is 12.6 Å². The van der Waals surface area contributed by atoms with Gasteiger partial charge in [-0.05, 0) is 41.8 Å². The molecule has 2 aromatic carbocycles. The Morgan fingerprint density at radius 2 is 1.81 bits per heavy atom. The number of pyridine rings is 1. The van der Waals surface area contributed by atoms with Gasteiger partial charge in [0.2, 0.25) is 5.91 Å². The van der Waals surface area contributed by atoms with Crippen molar-refractivity contribution in [3.63, 3.8) is 0 Å². The molecule has 1 saturated heterocycles. The number of hydrogen-bond donors (Lipinski definition) is 0. The van der Waals surface area contributed by atoms with E-state index in [0.717, 1.165) is 22.3 Å². The molecule has 1 amide bonds. The highest BCUT2D eigenvalue weighted by Gasteiger charge is 2.33. The van der Waals surface area contributed by atoms with Gasteiger partial charge in [-0.1, -0.05) is 42.0 Å². The summed E-state index contributed by atoms with van der Waals surface area (Å²) in [5, 5.41) is 0. The van der Waals surface area contributed by atoms with E-state index in [4.69, 9.17) is 4.74 Å². The van der Waals surface area contributed by atoms with E-state index < -0.39 is 6.36 Å². The minimum absolute atomic E-state index is 0.00142. The van der Waals surface area contributed by atoms with E-state index in [0.29, 0.717) is 18.7 Å². The van der Waals surface area contributed by atoms with Crippen LogP contribution in [0.25, 0.3) is 11.1 Å². The van der Waals surface area contributed by atoms with E-state index in [-0.39, 0.29) is 24.3 Å². The average Bonchev–Trinajstić information content (AvgIpc) is 2.76. The number of aromatic nitrogens is 1. The SMILES string of the molecule is Cc1ccc(CN2C(=O)COCC2c2cnccc2-c2ccc(OC(F)(F)F)cc2)cc1. The van der Waals surface area contributed by atoms with Crippen molar-refractivity contribution in [3.8, 4) is 16.9 Å². The van der Waals surface area contributed by atoms with Crippen LogP contribution in [0.1, 0.15) is 22.7 Å². The van der Waals surface area contributed by atoms with Crippen LogP contribution in [-0.4, -0.2) is 35.4 Å². The van der Waals surface area contributed by atoms with Crippen molar-refractivity contribution >= 4 is 5.91 Å². The monoisotopic (exact) mass is 442 g/mol. The summed E-state index contributed by atoms with van der Waals surface area (Å²) in [4.78, 5) is 18.7. The maximum atomic E-state index is 12.7. The second kappa shape index (κ2) is 9.00. The number of nitrogens with zero attached hydrogens (tertiary/aromatic N) is 2. The Hall–Kier alpha value is -3.39. The Morgan fingerprint density at radius 1 is 1.09 bits per heavy atom. The van der Waals surface area contributed by atoms with Gasteiger partial charge < -0.3 is 14.4 Å². The van der Waals surface area contributed by atoms with Gasteiger partial charge in [0, 0.05) is 24.5 Å². The lowest BCUT2D eigenvalue weighted by Crippen LogP contribution is -2.43. The number of rotatable bonds is 5. The zero-order chi connectivity index (χ0) is 22.7. The van der Waals surface area contributed by atoms with E-state index >= 15 is 0 Å². The summed E-state index contributed by atoms with van der Waals surface area (Å²) in [7, 11) is 0. The highest BCUT2D eigenvalue weighted by molar-refractivity contribution is 5.79. The lowest BCUT2D eigenvalue weighted by molar-refractivity contribution is -0.274. The predicted molar refractivity (Wildman–Crippen MR) is 112 cm³/mol. The first-order valence-electron chi connectivity index (χ1n) is 10.0. The van der Waals surface area contributed by atoms with E-state index in [9.17, 15) is 18.0 Å². The number of halogens is 3. The fraction of sp³-hybridized carbons (Fsp3) is 0.250. The molecule has 0 N–H and O–H groups in total. The molecule has 32 heavy (non-hydrogen) atoms. The molecule has 1 atom stereocenters. The zero-order valence-corrected chi connectivity index (χ0v) is 17.3. The van der Waals surface area contributed by atoms with Gasteiger partial charge in [0.1, 0.15) is 12.4 Å². The number of carbonyl (C=O) groups is 1. The predicted octanol–water partition coefficient (Wildman–Crippen LogP) is 5.06. The van der Waals surface area contributed by atoms with E-state index in [1.807, 2.05) is 31.2 Å². The molecule has 0 saturated carbocycles. The lowest BCUT2D eigenvalue weighted by Gasteiger charge is -2.36. The van der Waals surface area contributed by atoms with Crippen LogP contribution in [0, 0.1) is 6.92 Å². The second-order valence-corrected chi connectivity index (χ2v) is 7.57. The van der Waals surface area contributed by atoms with E-state index in [2.05, 4.69) is 9.72 Å². The number of benzene rings is 2. The van der Waals surface area contributed by atoms with Gasteiger partial charge in [-0.3, -0.25) is 9.78 Å². The smallest absolute Gasteiger partial charge is 0.406 e. The number of aryl methyl sites for hydroxylation is 1. The molecule has 1 aliphatic rings. The molecule has 1 fully saturated rings. The number of hydrogen-bond acceptors (Lipinski definition) is 4. The third kappa shape index (κ3) is 5.08. The molecule has 166 valence electrons. The Balaban J connectivity index is 1.65. The third-order valence-electron chi connectivity index (χ3n) is 5.28. The van der Waals surface area contributed by atoms with Crippen molar-refractivity contribution in [2.75, 3.05) is 13.2 Å². The van der Waals surface area contributed by atoms with Crippen molar-refractivity contribution in [2.24, 2.45) is 0 Å². The van der Waals surface area contributed by atoms with Crippen LogP contribution in [0.3, 0.4) is 0 Å². The fourth-order valence-electron chi connectivity index (χ4n) is 3.72. The Bertz CT molecular complexity index is 1080. The summed E-state index contributed by atoms with van der Waals surface area (Å²) in [6.07, 6.45) is -1.47. The van der Waals surface area contributed by atoms with Crippen molar-refractivity contribution in [1.82, 2.24) is 9.88 Å². The summed E-state index contributed by atoms with van der Waals surface area (Å²) < 4.78 is 46.9. The normalized spacial score (nSPS) is 16.8. The van der Waals surface area contributed by atoms with Crippen LogP contribution in [-0.2, 0) is 16.1 Å². The molecule has 4 rings (SSSR count). The topological polar surface area (TPSA) is 51.7 Å². The molecular formula is C24H21F3N2O3. The van der Waals surface area contributed by atoms with Crippen LogP contribution < -0.4 is 4.74 Å². The van der Waals surface area contributed by atoms with Crippen LogP contribution >= 0.6 is 0 Å². The minimum atomic E-state index is -4.75. The van der Waals surface area contributed by atoms with Crippen LogP contribution in [0.15, 0.2) is 67.0 Å². The van der Waals surface area contributed by atoms with Gasteiger partial charge >= 0.3 is 6.36 Å². The first-order chi connectivity index (χ1) is 15.3. The summed E-state index contributed by atoms with van der Waals surface area (Å²) in [6.45, 7) is 2.71. The summed E-state index contributed by atoms with van der Waals surface area (Å²) in [5.74, 6) is -0.431. The molecule has 2 heterocycles. The highest BCUT2D eigenvalue weighted by Crippen LogP contribution is 2.35. The summed E-state index contributed by atoms with van der Waals surface area (Å²) >= 11 is 0. The summed E-state index contributed by atoms with van der Waals surface area (Å²) in [5.41, 5.74) is 4.33. The minimum Gasteiger partial charge on any atom is -0.406 e. The molecule has 8 heteroatoms. The number of alkyl halides is 3. The van der Waals surface area contributed by atoms with Gasteiger partial charge in [-0.15, -0.1) is 13.2 Å². The molecule has 0 aliphatic carbocycles. The quantitative estimate of drug-likeness (QED) is 0.555.